The molecule has 5 aromatic rings. The first-order chi connectivity index (χ1) is 18.6. The molecule has 0 bridgehead atoms. The topological polar surface area (TPSA) is 114 Å². The van der Waals surface area contributed by atoms with Gasteiger partial charge in [0.1, 0.15) is 5.75 Å². The minimum absolute atomic E-state index is 0.109. The van der Waals surface area contributed by atoms with Gasteiger partial charge >= 0.3 is 0 Å². The minimum Gasteiger partial charge on any atom is -0.497 e. The summed E-state index contributed by atoms with van der Waals surface area (Å²) < 4.78 is 23.3. The quantitative estimate of drug-likeness (QED) is 0.229. The second kappa shape index (κ2) is 11.4. The number of furan rings is 1. The molecule has 194 valence electrons. The molecule has 3 heterocycles. The lowest BCUT2D eigenvalue weighted by molar-refractivity contribution is -0.113. The maximum absolute atomic E-state index is 12.8. The third-order valence-electron chi connectivity index (χ3n) is 5.47. The average molecular weight is 550 g/mol. The summed E-state index contributed by atoms with van der Waals surface area (Å²) in [6.45, 7) is 0. The highest BCUT2D eigenvalue weighted by Gasteiger charge is 2.19. The molecule has 0 spiro atoms. The van der Waals surface area contributed by atoms with Crippen LogP contribution >= 0.6 is 23.1 Å². The van der Waals surface area contributed by atoms with Crippen LogP contribution in [0.5, 0.6) is 17.2 Å². The standard InChI is InChI=1S/C26H23N5O5S2/c1-33-18-9-7-17(8-10-18)31-24(21-5-4-12-36-21)29-30-26(31)38-15-23(32)28-25-27-19(14-37-25)16-6-11-20(34-2)22(13-16)35-3/h4-14H,15H2,1-3H3,(H,27,28,32). The lowest BCUT2D eigenvalue weighted by Crippen LogP contribution is -2.14. The SMILES string of the molecule is COc1ccc(-n2c(SCC(=O)Nc3nc(-c4ccc(OC)c(OC)c4)cs3)nnc2-c2ccco2)cc1. The van der Waals surface area contributed by atoms with Gasteiger partial charge in [-0.25, -0.2) is 4.98 Å². The van der Waals surface area contributed by atoms with Crippen molar-refractivity contribution in [2.24, 2.45) is 0 Å². The van der Waals surface area contributed by atoms with Gasteiger partial charge in [0.05, 0.1) is 44.7 Å². The summed E-state index contributed by atoms with van der Waals surface area (Å²) in [6.07, 6.45) is 1.58. The third-order valence-corrected chi connectivity index (χ3v) is 7.15. The van der Waals surface area contributed by atoms with Gasteiger partial charge in [-0.05, 0) is 54.6 Å². The number of thioether (sulfide) groups is 1. The van der Waals surface area contributed by atoms with Gasteiger partial charge in [0.15, 0.2) is 27.5 Å². The van der Waals surface area contributed by atoms with E-state index < -0.39 is 0 Å². The largest absolute Gasteiger partial charge is 0.497 e. The molecular formula is C26H23N5O5S2. The number of nitrogens with one attached hydrogen (secondary N) is 1. The normalized spacial score (nSPS) is 10.8. The van der Waals surface area contributed by atoms with Gasteiger partial charge in [-0.15, -0.1) is 21.5 Å². The zero-order chi connectivity index (χ0) is 26.5. The Morgan fingerprint density at radius 1 is 1.03 bits per heavy atom. The monoisotopic (exact) mass is 549 g/mol. The Morgan fingerprint density at radius 3 is 2.55 bits per heavy atom. The van der Waals surface area contributed by atoms with Crippen molar-refractivity contribution < 1.29 is 23.4 Å². The lowest BCUT2D eigenvalue weighted by atomic mass is 10.1. The van der Waals surface area contributed by atoms with Gasteiger partial charge in [-0.2, -0.15) is 0 Å². The molecule has 5 rings (SSSR count). The van der Waals surface area contributed by atoms with E-state index >= 15 is 0 Å². The minimum atomic E-state index is -0.216. The first-order valence-corrected chi connectivity index (χ1v) is 13.2. The Hall–Kier alpha value is -4.29. The van der Waals surface area contributed by atoms with Crippen LogP contribution in [-0.2, 0) is 4.79 Å². The molecule has 2 aromatic carbocycles. The Labute approximate surface area is 226 Å². The first-order valence-electron chi connectivity index (χ1n) is 11.3. The van der Waals surface area contributed by atoms with Crippen LogP contribution in [0.2, 0.25) is 0 Å². The number of carbonyl (C=O) groups excluding carboxylic acids is 1. The molecule has 10 nitrogen and oxygen atoms in total. The van der Waals surface area contributed by atoms with Crippen molar-refractivity contribution >= 4 is 34.1 Å². The molecule has 38 heavy (non-hydrogen) atoms. The molecule has 0 aliphatic carbocycles. The number of carbonyl (C=O) groups is 1. The van der Waals surface area contributed by atoms with Gasteiger partial charge < -0.3 is 23.9 Å². The van der Waals surface area contributed by atoms with E-state index in [1.54, 1.807) is 33.7 Å². The number of aromatic nitrogens is 4. The lowest BCUT2D eigenvalue weighted by Gasteiger charge is -2.10. The number of ether oxygens (including phenoxy) is 3. The molecular weight excluding hydrogens is 526 g/mol. The summed E-state index contributed by atoms with van der Waals surface area (Å²) in [5.74, 6) is 2.96. The van der Waals surface area contributed by atoms with Crippen molar-refractivity contribution in [1.29, 1.82) is 0 Å². The van der Waals surface area contributed by atoms with Crippen molar-refractivity contribution in [3.05, 3.63) is 66.2 Å². The van der Waals surface area contributed by atoms with E-state index in [1.807, 2.05) is 58.5 Å². The second-order valence-corrected chi connectivity index (χ2v) is 9.56. The Bertz CT molecular complexity index is 1530. The molecule has 0 aliphatic rings. The van der Waals surface area contributed by atoms with E-state index in [-0.39, 0.29) is 11.7 Å². The smallest absolute Gasteiger partial charge is 0.236 e. The summed E-state index contributed by atoms with van der Waals surface area (Å²) in [5, 5.41) is 14.4. The van der Waals surface area contributed by atoms with Crippen LogP contribution in [0, 0.1) is 0 Å². The maximum Gasteiger partial charge on any atom is 0.236 e. The maximum atomic E-state index is 12.8. The zero-order valence-corrected chi connectivity index (χ0v) is 22.3. The van der Waals surface area contributed by atoms with Crippen LogP contribution in [0.15, 0.2) is 75.8 Å². The molecule has 0 saturated heterocycles. The number of methoxy groups -OCH3 is 3. The predicted octanol–water partition coefficient (Wildman–Crippen LogP) is 5.41. The van der Waals surface area contributed by atoms with Crippen molar-refractivity contribution in [3.63, 3.8) is 0 Å². The van der Waals surface area contributed by atoms with Crippen LogP contribution in [0.4, 0.5) is 5.13 Å². The van der Waals surface area contributed by atoms with Crippen LogP contribution in [0.1, 0.15) is 0 Å². The van der Waals surface area contributed by atoms with Gasteiger partial charge in [0.25, 0.3) is 0 Å². The summed E-state index contributed by atoms with van der Waals surface area (Å²) in [5.41, 5.74) is 2.39. The fourth-order valence-electron chi connectivity index (χ4n) is 3.64. The van der Waals surface area contributed by atoms with Crippen LogP contribution < -0.4 is 19.5 Å². The highest BCUT2D eigenvalue weighted by Crippen LogP contribution is 2.34. The van der Waals surface area contributed by atoms with Crippen molar-refractivity contribution in [2.45, 2.75) is 5.16 Å². The van der Waals surface area contributed by atoms with Gasteiger partial charge in [0.2, 0.25) is 11.7 Å². The number of thiazole rings is 1. The fourth-order valence-corrected chi connectivity index (χ4v) is 5.13. The Morgan fingerprint density at radius 2 is 1.84 bits per heavy atom. The van der Waals surface area contributed by atoms with Crippen molar-refractivity contribution in [3.8, 4) is 45.8 Å². The Kier molecular flexibility index (Phi) is 7.61. The summed E-state index contributed by atoms with van der Waals surface area (Å²) in [6, 6.07) is 16.6. The summed E-state index contributed by atoms with van der Waals surface area (Å²) in [7, 11) is 4.78. The third kappa shape index (κ3) is 5.36. The number of nitrogens with zero attached hydrogens (tertiary/aromatic N) is 4. The van der Waals surface area contributed by atoms with Crippen LogP contribution in [-0.4, -0.2) is 52.7 Å². The summed E-state index contributed by atoms with van der Waals surface area (Å²) >= 11 is 2.60. The fraction of sp³-hybridized carbons (Fsp3) is 0.154. The molecule has 0 fully saturated rings. The Balaban J connectivity index is 1.30. The zero-order valence-electron chi connectivity index (χ0n) is 20.7. The molecule has 1 amide bonds. The number of rotatable bonds is 10. The summed E-state index contributed by atoms with van der Waals surface area (Å²) in [4.78, 5) is 17.3. The highest BCUT2D eigenvalue weighted by atomic mass is 32.2. The molecule has 0 radical (unpaired) electrons. The van der Waals surface area contributed by atoms with E-state index in [9.17, 15) is 4.79 Å². The van der Waals surface area contributed by atoms with Crippen LogP contribution in [0.25, 0.3) is 28.5 Å². The molecule has 3 aromatic heterocycles. The van der Waals surface area contributed by atoms with Crippen molar-refractivity contribution in [2.75, 3.05) is 32.4 Å². The molecule has 12 heteroatoms. The molecule has 0 atom stereocenters. The number of anilines is 1. The van der Waals surface area contributed by atoms with E-state index in [4.69, 9.17) is 18.6 Å². The molecule has 0 aliphatic heterocycles. The van der Waals surface area contributed by atoms with Crippen molar-refractivity contribution in [1.82, 2.24) is 19.7 Å². The van der Waals surface area contributed by atoms with E-state index in [2.05, 4.69) is 20.5 Å². The van der Waals surface area contributed by atoms with E-state index in [0.717, 1.165) is 22.7 Å². The number of benzene rings is 2. The first kappa shape index (κ1) is 25.4. The molecule has 0 saturated carbocycles. The second-order valence-electron chi connectivity index (χ2n) is 7.76. The van der Waals surface area contributed by atoms with Crippen LogP contribution in [0.3, 0.4) is 0 Å². The van der Waals surface area contributed by atoms with E-state index in [0.29, 0.717) is 33.4 Å². The van der Waals surface area contributed by atoms with E-state index in [1.165, 1.54) is 23.1 Å². The number of hydrogen-bond donors (Lipinski definition) is 1. The van der Waals surface area contributed by atoms with Gasteiger partial charge in [-0.3, -0.25) is 9.36 Å². The molecule has 1 N–H and O–H groups in total. The number of amides is 1. The van der Waals surface area contributed by atoms with Gasteiger partial charge in [0, 0.05) is 10.9 Å². The number of hydrogen-bond acceptors (Lipinski definition) is 10. The predicted molar refractivity (Wildman–Crippen MR) is 146 cm³/mol. The molecule has 0 unspecified atom stereocenters. The van der Waals surface area contributed by atoms with Gasteiger partial charge in [-0.1, -0.05) is 11.8 Å². The highest BCUT2D eigenvalue weighted by molar-refractivity contribution is 7.99. The average Bonchev–Trinajstić information content (AvgIpc) is 3.73.